The van der Waals surface area contributed by atoms with Gasteiger partial charge in [0.2, 0.25) is 0 Å². The summed E-state index contributed by atoms with van der Waals surface area (Å²) >= 11 is 0. The number of hydrogen-bond acceptors (Lipinski definition) is 0. The summed E-state index contributed by atoms with van der Waals surface area (Å²) in [5, 5.41) is 15.4. The lowest BCUT2D eigenvalue weighted by atomic mass is 9.90. The van der Waals surface area contributed by atoms with Crippen LogP contribution in [0.3, 0.4) is 0 Å². The summed E-state index contributed by atoms with van der Waals surface area (Å²) in [6.07, 6.45) is 0. The van der Waals surface area contributed by atoms with Crippen LogP contribution >= 0.6 is 0 Å². The van der Waals surface area contributed by atoms with Gasteiger partial charge < -0.3 is 0 Å². The van der Waals surface area contributed by atoms with Crippen molar-refractivity contribution in [3.05, 3.63) is 206 Å². The molecule has 0 fully saturated rings. The molecule has 0 unspecified atom stereocenters. The van der Waals surface area contributed by atoms with E-state index in [1.54, 1.807) is 0 Å². The summed E-state index contributed by atoms with van der Waals surface area (Å²) < 4.78 is 0. The second-order valence-corrected chi connectivity index (χ2v) is 14.5. The molecule has 0 heteroatoms. The molecule has 0 spiro atoms. The zero-order valence-electron chi connectivity index (χ0n) is 29.6. The third-order valence-corrected chi connectivity index (χ3v) is 11.4. The van der Waals surface area contributed by atoms with E-state index in [2.05, 4.69) is 206 Å². The average molecular weight is 683 g/mol. The third kappa shape index (κ3) is 4.99. The van der Waals surface area contributed by atoms with Gasteiger partial charge in [-0.15, -0.1) is 0 Å². The Labute approximate surface area is 314 Å². The molecule has 11 rings (SSSR count). The standard InChI is InChI=1S/C54H34/c1-3-11-35(12-4-1)42-29-43(36-13-5-2-6-14-36)31-44(30-42)41-22-20-38-24-26-49-50(53(38)33-41)27-23-37-19-21-39(32-52(37)49)40-25-28-51-47-17-8-7-15-45(47)46-16-9-10-18-48(46)54(51)34-40/h1-34H. The van der Waals surface area contributed by atoms with Gasteiger partial charge in [0.05, 0.1) is 0 Å². The van der Waals surface area contributed by atoms with E-state index in [-0.39, 0.29) is 0 Å². The molecule has 11 aromatic rings. The minimum absolute atomic E-state index is 1.22. The summed E-state index contributed by atoms with van der Waals surface area (Å²) in [5.74, 6) is 0. The van der Waals surface area contributed by atoms with Crippen molar-refractivity contribution in [3.8, 4) is 44.5 Å². The summed E-state index contributed by atoms with van der Waals surface area (Å²) in [6, 6.07) is 76.1. The molecular weight excluding hydrogens is 649 g/mol. The van der Waals surface area contributed by atoms with Crippen molar-refractivity contribution in [3.63, 3.8) is 0 Å². The fourth-order valence-corrected chi connectivity index (χ4v) is 8.70. The molecule has 0 heterocycles. The van der Waals surface area contributed by atoms with E-state index in [0.29, 0.717) is 0 Å². The molecule has 0 bridgehead atoms. The molecule has 0 saturated heterocycles. The second-order valence-electron chi connectivity index (χ2n) is 14.5. The maximum absolute atomic E-state index is 2.40. The molecule has 0 saturated carbocycles. The lowest BCUT2D eigenvalue weighted by Gasteiger charge is -2.14. The Morgan fingerprint density at radius 3 is 0.926 bits per heavy atom. The van der Waals surface area contributed by atoms with Gasteiger partial charge in [0.25, 0.3) is 0 Å². The summed E-state index contributed by atoms with van der Waals surface area (Å²) in [4.78, 5) is 0. The molecule has 0 amide bonds. The zero-order chi connectivity index (χ0) is 35.6. The highest BCUT2D eigenvalue weighted by Crippen LogP contribution is 2.40. The molecule has 54 heavy (non-hydrogen) atoms. The minimum atomic E-state index is 1.22. The predicted molar refractivity (Wildman–Crippen MR) is 233 cm³/mol. The fourth-order valence-electron chi connectivity index (χ4n) is 8.70. The van der Waals surface area contributed by atoms with Crippen molar-refractivity contribution in [1.82, 2.24) is 0 Å². The van der Waals surface area contributed by atoms with Crippen molar-refractivity contribution in [2.24, 2.45) is 0 Å². The number of rotatable bonds is 4. The van der Waals surface area contributed by atoms with E-state index in [9.17, 15) is 0 Å². The fraction of sp³-hybridized carbons (Fsp3) is 0. The van der Waals surface area contributed by atoms with E-state index in [0.717, 1.165) is 0 Å². The first-order chi connectivity index (χ1) is 26.7. The highest BCUT2D eigenvalue weighted by Gasteiger charge is 2.13. The van der Waals surface area contributed by atoms with Crippen LogP contribution in [0.1, 0.15) is 0 Å². The van der Waals surface area contributed by atoms with Crippen LogP contribution in [0, 0.1) is 0 Å². The number of hydrogen-bond donors (Lipinski definition) is 0. The van der Waals surface area contributed by atoms with Crippen molar-refractivity contribution in [2.45, 2.75) is 0 Å². The molecular formula is C54H34. The third-order valence-electron chi connectivity index (χ3n) is 11.4. The van der Waals surface area contributed by atoms with Crippen LogP contribution in [0.2, 0.25) is 0 Å². The van der Waals surface area contributed by atoms with E-state index in [4.69, 9.17) is 0 Å². The first-order valence-electron chi connectivity index (χ1n) is 18.7. The van der Waals surface area contributed by atoms with Gasteiger partial charge in [0, 0.05) is 0 Å². The minimum Gasteiger partial charge on any atom is -0.0622 e. The molecule has 0 aromatic heterocycles. The Bertz CT molecular complexity index is 3150. The van der Waals surface area contributed by atoms with E-state index in [1.807, 2.05) is 0 Å². The van der Waals surface area contributed by atoms with Gasteiger partial charge in [-0.2, -0.15) is 0 Å². The van der Waals surface area contributed by atoms with Gasteiger partial charge in [-0.25, -0.2) is 0 Å². The quantitative estimate of drug-likeness (QED) is 0.162. The summed E-state index contributed by atoms with van der Waals surface area (Å²) in [5.41, 5.74) is 9.78. The van der Waals surface area contributed by atoms with Crippen molar-refractivity contribution in [2.75, 3.05) is 0 Å². The lowest BCUT2D eigenvalue weighted by molar-refractivity contribution is 1.57. The summed E-state index contributed by atoms with van der Waals surface area (Å²) in [6.45, 7) is 0. The Morgan fingerprint density at radius 1 is 0.148 bits per heavy atom. The summed E-state index contributed by atoms with van der Waals surface area (Å²) in [7, 11) is 0. The van der Waals surface area contributed by atoms with Gasteiger partial charge in [-0.05, 0) is 146 Å². The molecule has 0 N–H and O–H groups in total. The molecule has 0 aliphatic heterocycles. The Kier molecular flexibility index (Phi) is 6.97. The SMILES string of the molecule is c1ccc(-c2cc(-c3ccccc3)cc(-c3ccc4ccc5c6cc(-c7ccc8c9ccccc9c9ccccc9c8c7)ccc6ccc5c4c3)c2)cc1. The van der Waals surface area contributed by atoms with Crippen LogP contribution in [0.15, 0.2) is 206 Å². The van der Waals surface area contributed by atoms with Gasteiger partial charge in [0.15, 0.2) is 0 Å². The van der Waals surface area contributed by atoms with E-state index in [1.165, 1.54) is 109 Å². The first-order valence-corrected chi connectivity index (χ1v) is 18.7. The van der Waals surface area contributed by atoms with Crippen molar-refractivity contribution in [1.29, 1.82) is 0 Å². The first kappa shape index (κ1) is 30.6. The Morgan fingerprint density at radius 2 is 0.444 bits per heavy atom. The second kappa shape index (κ2) is 12.3. The monoisotopic (exact) mass is 682 g/mol. The van der Waals surface area contributed by atoms with Crippen LogP contribution in [-0.2, 0) is 0 Å². The van der Waals surface area contributed by atoms with E-state index >= 15 is 0 Å². The van der Waals surface area contributed by atoms with Crippen LogP contribution in [0.5, 0.6) is 0 Å². The maximum Gasteiger partial charge on any atom is -0.00928 e. The maximum atomic E-state index is 2.40. The zero-order valence-corrected chi connectivity index (χ0v) is 29.6. The van der Waals surface area contributed by atoms with Gasteiger partial charge in [-0.3, -0.25) is 0 Å². The van der Waals surface area contributed by atoms with E-state index < -0.39 is 0 Å². The normalized spacial score (nSPS) is 11.7. The van der Waals surface area contributed by atoms with Crippen LogP contribution in [-0.4, -0.2) is 0 Å². The Balaban J connectivity index is 1.07. The highest BCUT2D eigenvalue weighted by molar-refractivity contribution is 6.26. The average Bonchev–Trinajstić information content (AvgIpc) is 3.26. The van der Waals surface area contributed by atoms with Gasteiger partial charge in [0.1, 0.15) is 0 Å². The molecule has 11 aromatic carbocycles. The van der Waals surface area contributed by atoms with Crippen molar-refractivity contribution >= 4 is 64.6 Å². The van der Waals surface area contributed by atoms with Crippen LogP contribution in [0.25, 0.3) is 109 Å². The van der Waals surface area contributed by atoms with Gasteiger partial charge in [-0.1, -0.05) is 170 Å². The molecule has 0 aliphatic rings. The smallest absolute Gasteiger partial charge is 0.00928 e. The molecule has 0 radical (unpaired) electrons. The van der Waals surface area contributed by atoms with Crippen LogP contribution in [0.4, 0.5) is 0 Å². The molecule has 0 aliphatic carbocycles. The largest absolute Gasteiger partial charge is 0.0622 e. The number of fused-ring (bicyclic) bond motifs is 11. The van der Waals surface area contributed by atoms with Crippen LogP contribution < -0.4 is 0 Å². The van der Waals surface area contributed by atoms with Gasteiger partial charge >= 0.3 is 0 Å². The molecule has 0 atom stereocenters. The predicted octanol–water partition coefficient (Wildman–Crippen LogP) is 15.3. The molecule has 250 valence electrons. The Hall–Kier alpha value is -7.02. The topological polar surface area (TPSA) is 0 Å². The van der Waals surface area contributed by atoms with Crippen molar-refractivity contribution < 1.29 is 0 Å². The number of benzene rings is 11. The highest BCUT2D eigenvalue weighted by atomic mass is 14.2. The lowest BCUT2D eigenvalue weighted by Crippen LogP contribution is -1.87. The molecule has 0 nitrogen and oxygen atoms in total.